The molecule has 0 aromatic carbocycles. The predicted octanol–water partition coefficient (Wildman–Crippen LogP) is 4.74. The van der Waals surface area contributed by atoms with E-state index in [1.807, 2.05) is 6.92 Å². The van der Waals surface area contributed by atoms with Crippen LogP contribution in [-0.2, 0) is 9.26 Å². The third-order valence-electron chi connectivity index (χ3n) is 3.61. The van der Waals surface area contributed by atoms with Crippen LogP contribution in [0.15, 0.2) is 5.16 Å². The molecule has 0 aromatic heterocycles. The van der Waals surface area contributed by atoms with Crippen LogP contribution >= 0.6 is 0 Å². The second-order valence-electron chi connectivity index (χ2n) is 8.02. The standard InChI is InChI=1S/C14H33NO2Si2/c1-13(15-16-10-11-18(5,6)7)12-17-19(8,9)14(2,3)4/h10-12H2,1-9H3/b15-13+. The van der Waals surface area contributed by atoms with Crippen molar-refractivity contribution in [2.75, 3.05) is 13.2 Å². The van der Waals surface area contributed by atoms with Crippen molar-refractivity contribution in [3.63, 3.8) is 0 Å². The van der Waals surface area contributed by atoms with Crippen molar-refractivity contribution in [1.29, 1.82) is 0 Å². The Bertz CT molecular complexity index is 302. The van der Waals surface area contributed by atoms with Crippen molar-refractivity contribution in [1.82, 2.24) is 0 Å². The highest BCUT2D eigenvalue weighted by Gasteiger charge is 2.37. The van der Waals surface area contributed by atoms with Crippen LogP contribution in [0.4, 0.5) is 0 Å². The molecule has 0 atom stereocenters. The van der Waals surface area contributed by atoms with E-state index in [0.29, 0.717) is 6.61 Å². The molecule has 0 N–H and O–H groups in total. The van der Waals surface area contributed by atoms with Gasteiger partial charge in [-0.15, -0.1) is 0 Å². The molecule has 0 amide bonds. The van der Waals surface area contributed by atoms with Crippen LogP contribution in [0.2, 0.25) is 43.8 Å². The lowest BCUT2D eigenvalue weighted by Crippen LogP contribution is -2.41. The van der Waals surface area contributed by atoms with Crippen molar-refractivity contribution in [2.45, 2.75) is 71.5 Å². The minimum atomic E-state index is -1.67. The molecular weight excluding hydrogens is 270 g/mol. The first kappa shape index (κ1) is 18.9. The molecule has 0 saturated heterocycles. The summed E-state index contributed by atoms with van der Waals surface area (Å²) in [5.74, 6) is 0. The molecular formula is C14H33NO2Si2. The van der Waals surface area contributed by atoms with E-state index in [0.717, 1.165) is 18.4 Å². The number of hydrogen-bond donors (Lipinski definition) is 0. The Balaban J connectivity index is 4.08. The summed E-state index contributed by atoms with van der Waals surface area (Å²) < 4.78 is 6.09. The molecule has 0 aliphatic rings. The van der Waals surface area contributed by atoms with E-state index >= 15 is 0 Å². The Morgan fingerprint density at radius 2 is 1.58 bits per heavy atom. The molecule has 114 valence electrons. The van der Waals surface area contributed by atoms with Gasteiger partial charge in [-0.1, -0.05) is 45.6 Å². The van der Waals surface area contributed by atoms with Crippen molar-refractivity contribution in [2.24, 2.45) is 5.16 Å². The van der Waals surface area contributed by atoms with Gasteiger partial charge in [0.05, 0.1) is 12.3 Å². The second kappa shape index (κ2) is 7.04. The van der Waals surface area contributed by atoms with Crippen molar-refractivity contribution >= 4 is 22.1 Å². The monoisotopic (exact) mass is 303 g/mol. The lowest BCUT2D eigenvalue weighted by atomic mass is 10.2. The summed E-state index contributed by atoms with van der Waals surface area (Å²) in [6.07, 6.45) is 0. The Morgan fingerprint density at radius 1 is 1.05 bits per heavy atom. The van der Waals surface area contributed by atoms with Gasteiger partial charge >= 0.3 is 0 Å². The third kappa shape index (κ3) is 8.60. The quantitative estimate of drug-likeness (QED) is 0.294. The van der Waals surface area contributed by atoms with Gasteiger partial charge in [0, 0.05) is 8.07 Å². The van der Waals surface area contributed by atoms with Crippen LogP contribution in [0.1, 0.15) is 27.7 Å². The molecule has 0 fully saturated rings. The third-order valence-corrected chi connectivity index (χ3v) is 9.79. The van der Waals surface area contributed by atoms with E-state index in [9.17, 15) is 0 Å². The largest absolute Gasteiger partial charge is 0.411 e. The van der Waals surface area contributed by atoms with Gasteiger partial charge in [0.15, 0.2) is 8.32 Å². The summed E-state index contributed by atoms with van der Waals surface area (Å²) in [5.41, 5.74) is 0.931. The van der Waals surface area contributed by atoms with Crippen LogP contribution in [0.5, 0.6) is 0 Å². The van der Waals surface area contributed by atoms with E-state index in [1.54, 1.807) is 0 Å². The first-order chi connectivity index (χ1) is 8.35. The number of rotatable bonds is 7. The van der Waals surface area contributed by atoms with Gasteiger partial charge in [-0.2, -0.15) is 0 Å². The minimum Gasteiger partial charge on any atom is -0.411 e. The molecule has 0 bridgehead atoms. The summed E-state index contributed by atoms with van der Waals surface area (Å²) >= 11 is 0. The van der Waals surface area contributed by atoms with Crippen molar-refractivity contribution < 1.29 is 9.26 Å². The molecule has 0 heterocycles. The summed E-state index contributed by atoms with van der Waals surface area (Å²) in [5, 5.41) is 4.39. The Kier molecular flexibility index (Phi) is 6.99. The molecule has 0 radical (unpaired) electrons. The molecule has 5 heteroatoms. The molecule has 0 aromatic rings. The highest BCUT2D eigenvalue weighted by Crippen LogP contribution is 2.36. The van der Waals surface area contributed by atoms with Gasteiger partial charge in [0.25, 0.3) is 0 Å². The molecule has 19 heavy (non-hydrogen) atoms. The van der Waals surface area contributed by atoms with Crippen molar-refractivity contribution in [3.05, 3.63) is 0 Å². The van der Waals surface area contributed by atoms with E-state index in [4.69, 9.17) is 9.26 Å². The fourth-order valence-electron chi connectivity index (χ4n) is 1.04. The van der Waals surface area contributed by atoms with E-state index < -0.39 is 16.4 Å². The first-order valence-electron chi connectivity index (χ1n) is 7.14. The van der Waals surface area contributed by atoms with Crippen LogP contribution in [0.25, 0.3) is 0 Å². The van der Waals surface area contributed by atoms with Gasteiger partial charge < -0.3 is 9.26 Å². The van der Waals surface area contributed by atoms with Gasteiger partial charge in [-0.25, -0.2) is 0 Å². The molecule has 0 spiro atoms. The normalized spacial score (nSPS) is 14.7. The van der Waals surface area contributed by atoms with Gasteiger partial charge in [-0.05, 0) is 31.1 Å². The Labute approximate surface area is 121 Å². The number of hydrogen-bond acceptors (Lipinski definition) is 3. The lowest BCUT2D eigenvalue weighted by Gasteiger charge is -2.36. The summed E-state index contributed by atoms with van der Waals surface area (Å²) in [7, 11) is -2.70. The zero-order valence-electron chi connectivity index (χ0n) is 14.4. The number of nitrogens with zero attached hydrogens (tertiary/aromatic N) is 1. The Morgan fingerprint density at radius 3 is 2.00 bits per heavy atom. The molecule has 3 nitrogen and oxygen atoms in total. The van der Waals surface area contributed by atoms with Crippen LogP contribution in [-0.4, -0.2) is 35.3 Å². The molecule has 0 aliphatic carbocycles. The molecule has 0 unspecified atom stereocenters. The van der Waals surface area contributed by atoms with Crippen LogP contribution < -0.4 is 0 Å². The molecule has 0 aliphatic heterocycles. The van der Waals surface area contributed by atoms with E-state index in [1.165, 1.54) is 0 Å². The second-order valence-corrected chi connectivity index (χ2v) is 18.5. The topological polar surface area (TPSA) is 30.8 Å². The maximum absolute atomic E-state index is 6.09. The Hall–Kier alpha value is -0.136. The summed E-state index contributed by atoms with van der Waals surface area (Å²) in [4.78, 5) is 5.38. The summed E-state index contributed by atoms with van der Waals surface area (Å²) in [6.45, 7) is 21.6. The fraction of sp³-hybridized carbons (Fsp3) is 0.929. The maximum atomic E-state index is 6.09. The van der Waals surface area contributed by atoms with Gasteiger partial charge in [-0.3, -0.25) is 0 Å². The zero-order chi connectivity index (χ0) is 15.3. The van der Waals surface area contributed by atoms with Crippen LogP contribution in [0.3, 0.4) is 0 Å². The van der Waals surface area contributed by atoms with Crippen molar-refractivity contribution in [3.8, 4) is 0 Å². The predicted molar refractivity (Wildman–Crippen MR) is 90.4 cm³/mol. The lowest BCUT2D eigenvalue weighted by molar-refractivity contribution is 0.155. The van der Waals surface area contributed by atoms with E-state index in [-0.39, 0.29) is 5.04 Å². The maximum Gasteiger partial charge on any atom is 0.192 e. The molecule has 0 saturated carbocycles. The number of oxime groups is 1. The van der Waals surface area contributed by atoms with Gasteiger partial charge in [0.2, 0.25) is 0 Å². The van der Waals surface area contributed by atoms with E-state index in [2.05, 4.69) is 58.7 Å². The van der Waals surface area contributed by atoms with Crippen LogP contribution in [0, 0.1) is 0 Å². The highest BCUT2D eigenvalue weighted by atomic mass is 28.4. The highest BCUT2D eigenvalue weighted by molar-refractivity contribution is 6.76. The van der Waals surface area contributed by atoms with Gasteiger partial charge in [0.1, 0.15) is 6.61 Å². The smallest absolute Gasteiger partial charge is 0.192 e. The SMILES string of the molecule is C/C(CO[Si](C)(C)C(C)(C)C)=N\OCC[Si](C)(C)C. The fourth-order valence-corrected chi connectivity index (χ4v) is 2.74. The zero-order valence-corrected chi connectivity index (χ0v) is 16.4. The molecule has 0 rings (SSSR count). The summed E-state index contributed by atoms with van der Waals surface area (Å²) in [6, 6.07) is 1.15. The first-order valence-corrected chi connectivity index (χ1v) is 13.8. The average Bonchev–Trinajstić information content (AvgIpc) is 2.18. The minimum absolute atomic E-state index is 0.242. The average molecular weight is 304 g/mol.